The Bertz CT molecular complexity index is 822. The van der Waals surface area contributed by atoms with Crippen LogP contribution in [0.25, 0.3) is 11.2 Å². The molecule has 0 aliphatic heterocycles. The Hall–Kier alpha value is -2.56. The number of rotatable bonds is 4. The topological polar surface area (TPSA) is 99.7 Å². The second kappa shape index (κ2) is 5.44. The molecule has 1 atom stereocenters. The van der Waals surface area contributed by atoms with Crippen molar-refractivity contribution in [1.82, 2.24) is 19.1 Å². The third-order valence-corrected chi connectivity index (χ3v) is 3.48. The Kier molecular flexibility index (Phi) is 3.84. The maximum Gasteiger partial charge on any atom is 0.332 e. The number of imidazole rings is 1. The van der Waals surface area contributed by atoms with Gasteiger partial charge in [0, 0.05) is 27.2 Å². The SMILES string of the molecule is CCN(CC(C)C#N)c1nc2c([nH]1)c(=O)n(C)c(=O)n2C. The molecule has 21 heavy (non-hydrogen) atoms. The quantitative estimate of drug-likeness (QED) is 0.850. The predicted octanol–water partition coefficient (Wildman–Crippen LogP) is -0.0537. The molecule has 2 aromatic rings. The maximum absolute atomic E-state index is 12.1. The van der Waals surface area contributed by atoms with Gasteiger partial charge in [0.05, 0.1) is 12.0 Å². The first-order chi connectivity index (χ1) is 9.90. The van der Waals surface area contributed by atoms with Gasteiger partial charge in [0.2, 0.25) is 5.95 Å². The van der Waals surface area contributed by atoms with Crippen molar-refractivity contribution in [2.75, 3.05) is 18.0 Å². The molecule has 0 amide bonds. The molecule has 0 aliphatic rings. The van der Waals surface area contributed by atoms with E-state index in [1.807, 2.05) is 18.7 Å². The maximum atomic E-state index is 12.1. The summed E-state index contributed by atoms with van der Waals surface area (Å²) in [4.78, 5) is 33.2. The van der Waals surface area contributed by atoms with Gasteiger partial charge in [0.25, 0.3) is 5.56 Å². The number of aromatic amines is 1. The normalized spacial score (nSPS) is 12.3. The largest absolute Gasteiger partial charge is 0.341 e. The van der Waals surface area contributed by atoms with E-state index in [9.17, 15) is 9.59 Å². The van der Waals surface area contributed by atoms with Crippen LogP contribution >= 0.6 is 0 Å². The van der Waals surface area contributed by atoms with E-state index in [0.29, 0.717) is 24.7 Å². The van der Waals surface area contributed by atoms with Gasteiger partial charge >= 0.3 is 5.69 Å². The molecule has 1 unspecified atom stereocenters. The zero-order valence-electron chi connectivity index (χ0n) is 12.5. The first kappa shape index (κ1) is 14.8. The highest BCUT2D eigenvalue weighted by atomic mass is 16.2. The summed E-state index contributed by atoms with van der Waals surface area (Å²) in [5.74, 6) is 0.331. The van der Waals surface area contributed by atoms with Crippen molar-refractivity contribution in [1.29, 1.82) is 5.26 Å². The Morgan fingerprint density at radius 1 is 1.38 bits per heavy atom. The van der Waals surface area contributed by atoms with Crippen LogP contribution in [0, 0.1) is 17.2 Å². The van der Waals surface area contributed by atoms with Crippen LogP contribution in [-0.4, -0.2) is 32.2 Å². The number of nitriles is 1. The number of anilines is 1. The molecule has 112 valence electrons. The van der Waals surface area contributed by atoms with Crippen LogP contribution in [0.15, 0.2) is 9.59 Å². The molecule has 0 spiro atoms. The summed E-state index contributed by atoms with van der Waals surface area (Å²) in [6.45, 7) is 4.90. The average Bonchev–Trinajstić information content (AvgIpc) is 2.93. The molecule has 8 nitrogen and oxygen atoms in total. The number of aromatic nitrogens is 4. The third kappa shape index (κ3) is 2.42. The number of nitrogens with zero attached hydrogens (tertiary/aromatic N) is 5. The Balaban J connectivity index is 2.60. The van der Waals surface area contributed by atoms with Crippen molar-refractivity contribution in [2.45, 2.75) is 13.8 Å². The van der Waals surface area contributed by atoms with E-state index in [1.54, 1.807) is 7.05 Å². The smallest absolute Gasteiger partial charge is 0.332 e. The molecule has 0 aromatic carbocycles. The standard InChI is InChI=1S/C13H18N6O2/c1-5-19(7-8(2)6-14)12-15-9-10(16-12)17(3)13(21)18(4)11(9)20/h8H,5,7H2,1-4H3,(H,15,16). The van der Waals surface area contributed by atoms with E-state index < -0.39 is 11.2 Å². The first-order valence-corrected chi connectivity index (χ1v) is 6.71. The minimum Gasteiger partial charge on any atom is -0.341 e. The van der Waals surface area contributed by atoms with Gasteiger partial charge in [-0.15, -0.1) is 0 Å². The molecule has 2 heterocycles. The second-order valence-electron chi connectivity index (χ2n) is 5.03. The van der Waals surface area contributed by atoms with Crippen molar-refractivity contribution in [3.63, 3.8) is 0 Å². The fourth-order valence-electron chi connectivity index (χ4n) is 2.20. The fraction of sp³-hybridized carbons (Fsp3) is 0.538. The fourth-order valence-corrected chi connectivity index (χ4v) is 2.20. The Morgan fingerprint density at radius 2 is 2.05 bits per heavy atom. The molecule has 8 heteroatoms. The zero-order chi connectivity index (χ0) is 15.7. The zero-order valence-corrected chi connectivity index (χ0v) is 12.5. The molecular formula is C13H18N6O2. The monoisotopic (exact) mass is 290 g/mol. The third-order valence-electron chi connectivity index (χ3n) is 3.48. The molecule has 0 aliphatic carbocycles. The van der Waals surface area contributed by atoms with Crippen molar-refractivity contribution < 1.29 is 0 Å². The van der Waals surface area contributed by atoms with E-state index in [4.69, 9.17) is 5.26 Å². The summed E-state index contributed by atoms with van der Waals surface area (Å²) in [6.07, 6.45) is 0. The van der Waals surface area contributed by atoms with E-state index >= 15 is 0 Å². The van der Waals surface area contributed by atoms with Gasteiger partial charge in [-0.25, -0.2) is 4.79 Å². The summed E-state index contributed by atoms with van der Waals surface area (Å²) < 4.78 is 2.37. The number of nitrogens with one attached hydrogen (secondary N) is 1. The van der Waals surface area contributed by atoms with Gasteiger partial charge < -0.3 is 9.88 Å². The molecule has 0 fully saturated rings. The van der Waals surface area contributed by atoms with Crippen LogP contribution in [0.3, 0.4) is 0 Å². The Morgan fingerprint density at radius 3 is 2.62 bits per heavy atom. The Labute approximate surface area is 121 Å². The van der Waals surface area contributed by atoms with Crippen LogP contribution in [-0.2, 0) is 14.1 Å². The molecular weight excluding hydrogens is 272 g/mol. The van der Waals surface area contributed by atoms with Gasteiger partial charge in [-0.1, -0.05) is 0 Å². The molecule has 0 radical (unpaired) electrons. The minimum absolute atomic E-state index is 0.162. The van der Waals surface area contributed by atoms with Crippen molar-refractivity contribution in [3.05, 3.63) is 20.8 Å². The molecule has 0 bridgehead atoms. The summed E-state index contributed by atoms with van der Waals surface area (Å²) in [5.41, 5.74) is -0.214. The van der Waals surface area contributed by atoms with E-state index in [-0.39, 0.29) is 11.4 Å². The van der Waals surface area contributed by atoms with E-state index in [0.717, 1.165) is 4.57 Å². The summed E-state index contributed by atoms with van der Waals surface area (Å²) in [6, 6.07) is 2.17. The van der Waals surface area contributed by atoms with E-state index in [1.165, 1.54) is 11.6 Å². The molecule has 2 rings (SSSR count). The lowest BCUT2D eigenvalue weighted by atomic mass is 10.2. The van der Waals surface area contributed by atoms with Crippen LogP contribution < -0.4 is 16.1 Å². The van der Waals surface area contributed by atoms with Gasteiger partial charge in [-0.3, -0.25) is 13.9 Å². The van der Waals surface area contributed by atoms with E-state index in [2.05, 4.69) is 16.0 Å². The highest BCUT2D eigenvalue weighted by Crippen LogP contribution is 2.14. The van der Waals surface area contributed by atoms with Gasteiger partial charge in [0.15, 0.2) is 11.2 Å². The van der Waals surface area contributed by atoms with Crippen LogP contribution in [0.1, 0.15) is 13.8 Å². The number of hydrogen-bond acceptors (Lipinski definition) is 5. The van der Waals surface area contributed by atoms with Crippen molar-refractivity contribution >= 4 is 17.1 Å². The average molecular weight is 290 g/mol. The molecule has 2 aromatic heterocycles. The second-order valence-corrected chi connectivity index (χ2v) is 5.03. The summed E-state index contributed by atoms with van der Waals surface area (Å²) in [7, 11) is 3.00. The first-order valence-electron chi connectivity index (χ1n) is 6.71. The lowest BCUT2D eigenvalue weighted by Crippen LogP contribution is -2.36. The van der Waals surface area contributed by atoms with Crippen molar-refractivity contribution in [2.24, 2.45) is 20.0 Å². The summed E-state index contributed by atoms with van der Waals surface area (Å²) >= 11 is 0. The van der Waals surface area contributed by atoms with Crippen molar-refractivity contribution in [3.8, 4) is 6.07 Å². The molecule has 0 saturated carbocycles. The number of aryl methyl sites for hydroxylation is 1. The molecule has 0 saturated heterocycles. The number of hydrogen-bond donors (Lipinski definition) is 1. The highest BCUT2D eigenvalue weighted by molar-refractivity contribution is 5.72. The van der Waals surface area contributed by atoms with Gasteiger partial charge in [-0.2, -0.15) is 10.2 Å². The van der Waals surface area contributed by atoms with Gasteiger partial charge in [-0.05, 0) is 13.8 Å². The minimum atomic E-state index is -0.418. The highest BCUT2D eigenvalue weighted by Gasteiger charge is 2.17. The number of fused-ring (bicyclic) bond motifs is 1. The summed E-state index contributed by atoms with van der Waals surface area (Å²) in [5, 5.41) is 8.92. The van der Waals surface area contributed by atoms with Crippen LogP contribution in [0.5, 0.6) is 0 Å². The molecule has 1 N–H and O–H groups in total. The predicted molar refractivity (Wildman–Crippen MR) is 79.2 cm³/mol. The lowest BCUT2D eigenvalue weighted by Gasteiger charge is -2.20. The van der Waals surface area contributed by atoms with Gasteiger partial charge in [0.1, 0.15) is 0 Å². The lowest BCUT2D eigenvalue weighted by molar-refractivity contribution is 0.674. The van der Waals surface area contributed by atoms with Crippen LogP contribution in [0.4, 0.5) is 5.95 Å². The van der Waals surface area contributed by atoms with Crippen LogP contribution in [0.2, 0.25) is 0 Å². The number of H-pyrrole nitrogens is 1.